The molecule has 1 rings (SSSR count). The van der Waals surface area contributed by atoms with E-state index in [4.69, 9.17) is 0 Å². The third kappa shape index (κ3) is 11.4. The molecule has 0 aliphatic heterocycles. The lowest BCUT2D eigenvalue weighted by Gasteiger charge is -1.94. The van der Waals surface area contributed by atoms with Gasteiger partial charge in [0.1, 0.15) is 6.54 Å². The van der Waals surface area contributed by atoms with Crippen LogP contribution < -0.4 is 4.57 Å². The quantitative estimate of drug-likeness (QED) is 0.426. The molecule has 0 amide bonds. The number of unbranched alkanes of at least 4 members (excludes halogenated alkanes) is 1. The van der Waals surface area contributed by atoms with Gasteiger partial charge in [-0.05, 0) is 0 Å². The minimum Gasteiger partial charge on any atom is -0.418 e. The van der Waals surface area contributed by atoms with E-state index in [9.17, 15) is 17.3 Å². The number of aryl methyl sites for hydroxylation is 1. The molecule has 1 aromatic rings. The largest absolute Gasteiger partial charge is 0.673 e. The van der Waals surface area contributed by atoms with Crippen LogP contribution in [0.2, 0.25) is 0 Å². The van der Waals surface area contributed by atoms with Crippen LogP contribution >= 0.6 is 11.3 Å². The van der Waals surface area contributed by atoms with E-state index in [1.54, 1.807) is 11.3 Å². The molecule has 1 nitrogen and oxygen atoms in total. The maximum absolute atomic E-state index is 9.75. The molecule has 0 spiro atoms. The zero-order valence-corrected chi connectivity index (χ0v) is 8.61. The average Bonchev–Trinajstić information content (AvgIpc) is 2.49. The van der Waals surface area contributed by atoms with Crippen molar-refractivity contribution in [2.75, 3.05) is 0 Å². The van der Waals surface area contributed by atoms with Gasteiger partial charge in [0.15, 0.2) is 6.20 Å². The molecule has 0 fully saturated rings. The van der Waals surface area contributed by atoms with Crippen molar-refractivity contribution >= 4 is 18.6 Å². The molecule has 0 radical (unpaired) electrons. The number of nitrogens with zero attached hydrogens (tertiary/aromatic N) is 1. The summed E-state index contributed by atoms with van der Waals surface area (Å²) in [7, 11) is -6.00. The maximum Gasteiger partial charge on any atom is 0.673 e. The highest BCUT2D eigenvalue weighted by Crippen LogP contribution is 2.06. The first-order chi connectivity index (χ1) is 6.43. The van der Waals surface area contributed by atoms with Crippen molar-refractivity contribution < 1.29 is 21.8 Å². The van der Waals surface area contributed by atoms with Crippen LogP contribution in [0.4, 0.5) is 17.3 Å². The lowest BCUT2D eigenvalue weighted by Crippen LogP contribution is -2.29. The van der Waals surface area contributed by atoms with E-state index in [2.05, 4.69) is 28.6 Å². The van der Waals surface area contributed by atoms with Crippen LogP contribution in [-0.4, -0.2) is 7.25 Å². The highest BCUT2D eigenvalue weighted by Gasteiger charge is 2.20. The standard InChI is InChI=1S/C7H12NS.BF4/c1-2-3-4-8-5-6-9-7-8;2-1(3,4)5/h5-7H,2-4H2,1H3;/q+1;-1. The molecular formula is C7H12BF4NS. The molecule has 0 atom stereocenters. The molecule has 7 heteroatoms. The van der Waals surface area contributed by atoms with Crippen molar-refractivity contribution in [3.05, 3.63) is 17.1 Å². The van der Waals surface area contributed by atoms with Crippen LogP contribution in [0.15, 0.2) is 17.1 Å². The first-order valence-electron chi connectivity index (χ1n) is 4.22. The van der Waals surface area contributed by atoms with Gasteiger partial charge in [0, 0.05) is 6.42 Å². The van der Waals surface area contributed by atoms with E-state index >= 15 is 0 Å². The number of rotatable bonds is 3. The van der Waals surface area contributed by atoms with Crippen LogP contribution in [0, 0.1) is 0 Å². The van der Waals surface area contributed by atoms with Gasteiger partial charge in [-0.1, -0.05) is 24.7 Å². The summed E-state index contributed by atoms with van der Waals surface area (Å²) < 4.78 is 41.2. The molecule has 14 heavy (non-hydrogen) atoms. The van der Waals surface area contributed by atoms with Crippen molar-refractivity contribution in [3.8, 4) is 0 Å². The fourth-order valence-corrected chi connectivity index (χ4v) is 1.36. The minimum atomic E-state index is -6.00. The molecule has 0 aliphatic carbocycles. The third-order valence-corrected chi connectivity index (χ3v) is 1.97. The molecular weight excluding hydrogens is 217 g/mol. The molecule has 1 heterocycles. The van der Waals surface area contributed by atoms with Gasteiger partial charge in [0.25, 0.3) is 0 Å². The Morgan fingerprint density at radius 2 is 1.86 bits per heavy atom. The van der Waals surface area contributed by atoms with Gasteiger partial charge >= 0.3 is 7.25 Å². The van der Waals surface area contributed by atoms with Gasteiger partial charge in [-0.15, -0.1) is 0 Å². The molecule has 0 unspecified atom stereocenters. The summed E-state index contributed by atoms with van der Waals surface area (Å²) in [6, 6.07) is 0. The second-order valence-electron chi connectivity index (χ2n) is 2.61. The van der Waals surface area contributed by atoms with Crippen molar-refractivity contribution in [1.82, 2.24) is 0 Å². The molecule has 0 aliphatic rings. The number of halogens is 4. The Hall–Kier alpha value is -0.585. The normalized spacial score (nSPS) is 10.6. The van der Waals surface area contributed by atoms with Crippen molar-refractivity contribution in [2.45, 2.75) is 26.3 Å². The molecule has 82 valence electrons. The van der Waals surface area contributed by atoms with E-state index < -0.39 is 7.25 Å². The van der Waals surface area contributed by atoms with Gasteiger partial charge in [-0.2, -0.15) is 4.57 Å². The van der Waals surface area contributed by atoms with Crippen LogP contribution in [-0.2, 0) is 6.54 Å². The average molecular weight is 229 g/mol. The summed E-state index contributed by atoms with van der Waals surface area (Å²) in [6.45, 7) is 3.40. The van der Waals surface area contributed by atoms with Gasteiger partial charge < -0.3 is 17.3 Å². The fraction of sp³-hybridized carbons (Fsp3) is 0.571. The SMILES string of the molecule is CCCC[n+]1ccsc1.F[B-](F)(F)F. The Balaban J connectivity index is 0.000000292. The minimum absolute atomic E-state index is 1.18. The van der Waals surface area contributed by atoms with Gasteiger partial charge in [-0.25, -0.2) is 0 Å². The highest BCUT2D eigenvalue weighted by atomic mass is 32.1. The van der Waals surface area contributed by atoms with Crippen molar-refractivity contribution in [2.24, 2.45) is 0 Å². The Labute approximate surface area is 84.5 Å². The summed E-state index contributed by atoms with van der Waals surface area (Å²) in [5, 5.41) is 2.11. The van der Waals surface area contributed by atoms with Crippen LogP contribution in [0.5, 0.6) is 0 Å². The molecule has 0 aromatic carbocycles. The number of thiazole rings is 1. The van der Waals surface area contributed by atoms with Crippen LogP contribution in [0.25, 0.3) is 0 Å². The molecule has 1 aromatic heterocycles. The zero-order chi connectivity index (χ0) is 11.0. The molecule has 0 saturated heterocycles. The van der Waals surface area contributed by atoms with Gasteiger partial charge in [-0.3, -0.25) is 0 Å². The summed E-state index contributed by atoms with van der Waals surface area (Å²) in [5.41, 5.74) is 2.15. The predicted molar refractivity (Wildman–Crippen MR) is 49.6 cm³/mol. The number of hydrogen-bond acceptors (Lipinski definition) is 1. The topological polar surface area (TPSA) is 3.88 Å². The summed E-state index contributed by atoms with van der Waals surface area (Å²) in [4.78, 5) is 0. The Bertz CT molecular complexity index is 218. The second-order valence-corrected chi connectivity index (χ2v) is 3.37. The van der Waals surface area contributed by atoms with Gasteiger partial charge in [0.05, 0.1) is 5.38 Å². The summed E-state index contributed by atoms with van der Waals surface area (Å²) >= 11 is 1.75. The van der Waals surface area contributed by atoms with E-state index in [0.29, 0.717) is 0 Å². The zero-order valence-electron chi connectivity index (χ0n) is 7.80. The summed E-state index contributed by atoms with van der Waals surface area (Å²) in [6.07, 6.45) is 4.70. The third-order valence-electron chi connectivity index (χ3n) is 1.30. The number of aromatic nitrogens is 1. The first kappa shape index (κ1) is 13.4. The fourth-order valence-electron chi connectivity index (χ4n) is 0.730. The van der Waals surface area contributed by atoms with Crippen LogP contribution in [0.3, 0.4) is 0 Å². The lowest BCUT2D eigenvalue weighted by molar-refractivity contribution is -0.692. The van der Waals surface area contributed by atoms with E-state index in [1.165, 1.54) is 19.4 Å². The highest BCUT2D eigenvalue weighted by molar-refractivity contribution is 7.07. The first-order valence-corrected chi connectivity index (χ1v) is 5.16. The molecule has 0 N–H and O–H groups in total. The second kappa shape index (κ2) is 6.81. The predicted octanol–water partition coefficient (Wildman–Crippen LogP) is 3.14. The Morgan fingerprint density at radius 3 is 2.21 bits per heavy atom. The molecule has 0 bridgehead atoms. The van der Waals surface area contributed by atoms with Crippen LogP contribution in [0.1, 0.15) is 19.8 Å². The Kier molecular flexibility index (Phi) is 6.52. The lowest BCUT2D eigenvalue weighted by atomic mass is 10.3. The maximum atomic E-state index is 9.75. The number of hydrogen-bond donors (Lipinski definition) is 0. The monoisotopic (exact) mass is 229 g/mol. The smallest absolute Gasteiger partial charge is 0.418 e. The summed E-state index contributed by atoms with van der Waals surface area (Å²) in [5.74, 6) is 0. The van der Waals surface area contributed by atoms with Gasteiger partial charge in [0.2, 0.25) is 5.51 Å². The van der Waals surface area contributed by atoms with Crippen molar-refractivity contribution in [1.29, 1.82) is 0 Å². The van der Waals surface area contributed by atoms with E-state index in [0.717, 1.165) is 0 Å². The van der Waals surface area contributed by atoms with E-state index in [-0.39, 0.29) is 0 Å². The van der Waals surface area contributed by atoms with Crippen molar-refractivity contribution in [3.63, 3.8) is 0 Å². The molecule has 0 saturated carbocycles. The van der Waals surface area contributed by atoms with E-state index in [1.807, 2.05) is 0 Å². The Morgan fingerprint density at radius 1 is 1.29 bits per heavy atom.